The zero-order valence-electron chi connectivity index (χ0n) is 12.8. The predicted molar refractivity (Wildman–Crippen MR) is 81.2 cm³/mol. The molecule has 22 heavy (non-hydrogen) atoms. The molecule has 1 aliphatic carbocycles. The topological polar surface area (TPSA) is 72.6 Å². The van der Waals surface area contributed by atoms with Crippen LogP contribution in [0.5, 0.6) is 5.75 Å². The van der Waals surface area contributed by atoms with Gasteiger partial charge in [-0.05, 0) is 55.9 Å². The van der Waals surface area contributed by atoms with Gasteiger partial charge in [-0.1, -0.05) is 11.6 Å². The first-order valence-electron chi connectivity index (χ1n) is 7.49. The Morgan fingerprint density at radius 2 is 2.05 bits per heavy atom. The van der Waals surface area contributed by atoms with Gasteiger partial charge < -0.3 is 14.4 Å². The summed E-state index contributed by atoms with van der Waals surface area (Å²) in [6.07, 6.45) is 3.71. The fourth-order valence-electron chi connectivity index (χ4n) is 2.48. The molecule has 2 aromatic rings. The van der Waals surface area contributed by atoms with Gasteiger partial charge in [0.15, 0.2) is 0 Å². The van der Waals surface area contributed by atoms with Gasteiger partial charge in [-0.15, -0.1) is 0 Å². The van der Waals surface area contributed by atoms with Gasteiger partial charge in [0, 0.05) is 11.6 Å². The normalized spacial score (nSPS) is 14.6. The molecular weight excluding hydrogens is 282 g/mol. The Labute approximate surface area is 128 Å². The molecule has 0 spiro atoms. The van der Waals surface area contributed by atoms with Gasteiger partial charge in [-0.3, -0.25) is 0 Å². The zero-order chi connectivity index (χ0) is 15.7. The molecule has 0 bridgehead atoms. The number of ether oxygens (including phenoxy) is 1. The SMILES string of the molecule is Cc1cc(OCC2CCC2)c(-c2cc(C(=O)O)on2)cc1C. The first kappa shape index (κ1) is 14.6. The van der Waals surface area contributed by atoms with Crippen molar-refractivity contribution in [3.05, 3.63) is 35.1 Å². The molecule has 1 heterocycles. The van der Waals surface area contributed by atoms with Crippen LogP contribution in [0, 0.1) is 19.8 Å². The summed E-state index contributed by atoms with van der Waals surface area (Å²) in [6.45, 7) is 4.73. The lowest BCUT2D eigenvalue weighted by molar-refractivity contribution is 0.0652. The number of benzene rings is 1. The summed E-state index contributed by atoms with van der Waals surface area (Å²) in [5.74, 6) is 0.0688. The second kappa shape index (κ2) is 5.83. The average Bonchev–Trinajstić information content (AvgIpc) is 2.90. The number of hydrogen-bond donors (Lipinski definition) is 1. The van der Waals surface area contributed by atoms with Crippen molar-refractivity contribution in [1.82, 2.24) is 5.16 Å². The lowest BCUT2D eigenvalue weighted by Gasteiger charge is -2.25. The summed E-state index contributed by atoms with van der Waals surface area (Å²) < 4.78 is 10.8. The van der Waals surface area contributed by atoms with Crippen molar-refractivity contribution < 1.29 is 19.2 Å². The molecule has 0 radical (unpaired) electrons. The number of aromatic carboxylic acids is 1. The van der Waals surface area contributed by atoms with Crippen LogP contribution in [0.4, 0.5) is 0 Å². The molecule has 1 saturated carbocycles. The molecular formula is C17H19NO4. The third-order valence-corrected chi connectivity index (χ3v) is 4.29. The minimum atomic E-state index is -1.13. The fraction of sp³-hybridized carbons (Fsp3) is 0.412. The highest BCUT2D eigenvalue weighted by molar-refractivity contribution is 5.86. The second-order valence-corrected chi connectivity index (χ2v) is 5.92. The maximum atomic E-state index is 10.9. The Balaban J connectivity index is 1.92. The molecule has 116 valence electrons. The number of hydrogen-bond acceptors (Lipinski definition) is 4. The Morgan fingerprint density at radius 1 is 1.32 bits per heavy atom. The van der Waals surface area contributed by atoms with Crippen LogP contribution in [0.1, 0.15) is 40.9 Å². The molecule has 1 fully saturated rings. The standard InChI is InChI=1S/C17H19NO4/c1-10-6-13(14-8-16(17(19)20)22-18-14)15(7-11(10)2)21-9-12-4-3-5-12/h6-8,12H,3-5,9H2,1-2H3,(H,19,20). The predicted octanol–water partition coefficient (Wildman–Crippen LogP) is 3.84. The maximum Gasteiger partial charge on any atom is 0.374 e. The van der Waals surface area contributed by atoms with Gasteiger partial charge in [0.1, 0.15) is 11.4 Å². The van der Waals surface area contributed by atoms with E-state index in [2.05, 4.69) is 5.16 Å². The van der Waals surface area contributed by atoms with E-state index in [1.807, 2.05) is 26.0 Å². The third kappa shape index (κ3) is 2.84. The molecule has 3 rings (SSSR count). The first-order chi connectivity index (χ1) is 10.5. The van der Waals surface area contributed by atoms with Gasteiger partial charge >= 0.3 is 5.97 Å². The number of carbonyl (C=O) groups is 1. The van der Waals surface area contributed by atoms with Crippen molar-refractivity contribution in [1.29, 1.82) is 0 Å². The lowest BCUT2D eigenvalue weighted by atomic mass is 9.86. The van der Waals surface area contributed by atoms with Crippen molar-refractivity contribution in [2.24, 2.45) is 5.92 Å². The van der Waals surface area contributed by atoms with E-state index in [1.54, 1.807) is 0 Å². The van der Waals surface area contributed by atoms with Crippen LogP contribution in [0.2, 0.25) is 0 Å². The van der Waals surface area contributed by atoms with E-state index >= 15 is 0 Å². The molecule has 5 nitrogen and oxygen atoms in total. The van der Waals surface area contributed by atoms with Gasteiger partial charge in [0.25, 0.3) is 0 Å². The molecule has 1 aromatic carbocycles. The summed E-state index contributed by atoms with van der Waals surface area (Å²) in [5.41, 5.74) is 3.50. The Bertz CT molecular complexity index is 701. The van der Waals surface area contributed by atoms with Crippen molar-refractivity contribution in [2.45, 2.75) is 33.1 Å². The monoisotopic (exact) mass is 301 g/mol. The maximum absolute atomic E-state index is 10.9. The first-order valence-corrected chi connectivity index (χ1v) is 7.49. The minimum absolute atomic E-state index is 0.168. The largest absolute Gasteiger partial charge is 0.493 e. The highest BCUT2D eigenvalue weighted by Gasteiger charge is 2.20. The van der Waals surface area contributed by atoms with E-state index in [4.69, 9.17) is 14.4 Å². The summed E-state index contributed by atoms with van der Waals surface area (Å²) in [4.78, 5) is 10.9. The van der Waals surface area contributed by atoms with E-state index in [1.165, 1.54) is 25.3 Å². The summed E-state index contributed by atoms with van der Waals surface area (Å²) >= 11 is 0. The highest BCUT2D eigenvalue weighted by atomic mass is 16.5. The number of nitrogens with zero attached hydrogens (tertiary/aromatic N) is 1. The smallest absolute Gasteiger partial charge is 0.374 e. The van der Waals surface area contributed by atoms with Crippen LogP contribution < -0.4 is 4.74 Å². The van der Waals surface area contributed by atoms with Crippen molar-refractivity contribution in [2.75, 3.05) is 6.61 Å². The van der Waals surface area contributed by atoms with Crippen molar-refractivity contribution in [3.8, 4) is 17.0 Å². The Kier molecular flexibility index (Phi) is 3.88. The molecule has 0 unspecified atom stereocenters. The molecule has 0 amide bonds. The van der Waals surface area contributed by atoms with Crippen LogP contribution in [0.3, 0.4) is 0 Å². The highest BCUT2D eigenvalue weighted by Crippen LogP contribution is 2.34. The number of carboxylic acid groups (broad SMARTS) is 1. The van der Waals surface area contributed by atoms with E-state index in [0.717, 1.165) is 22.4 Å². The second-order valence-electron chi connectivity index (χ2n) is 5.92. The van der Waals surface area contributed by atoms with Gasteiger partial charge in [-0.25, -0.2) is 4.79 Å². The van der Waals surface area contributed by atoms with E-state index in [9.17, 15) is 4.79 Å². The quantitative estimate of drug-likeness (QED) is 0.908. The molecule has 1 aromatic heterocycles. The molecule has 5 heteroatoms. The minimum Gasteiger partial charge on any atom is -0.493 e. The van der Waals surface area contributed by atoms with Crippen LogP contribution in [0.15, 0.2) is 22.7 Å². The number of aryl methyl sites for hydroxylation is 2. The summed E-state index contributed by atoms with van der Waals surface area (Å²) in [6, 6.07) is 5.38. The lowest BCUT2D eigenvalue weighted by Crippen LogP contribution is -2.19. The van der Waals surface area contributed by atoms with Crippen LogP contribution in [-0.4, -0.2) is 22.8 Å². The van der Waals surface area contributed by atoms with E-state index in [0.29, 0.717) is 18.2 Å². The molecule has 0 aliphatic heterocycles. The molecule has 0 saturated heterocycles. The number of rotatable bonds is 5. The number of carboxylic acids is 1. The van der Waals surface area contributed by atoms with Gasteiger partial charge in [-0.2, -0.15) is 0 Å². The van der Waals surface area contributed by atoms with Crippen molar-refractivity contribution in [3.63, 3.8) is 0 Å². The van der Waals surface area contributed by atoms with Crippen molar-refractivity contribution >= 4 is 5.97 Å². The van der Waals surface area contributed by atoms with Crippen LogP contribution in [-0.2, 0) is 0 Å². The third-order valence-electron chi connectivity index (χ3n) is 4.29. The van der Waals surface area contributed by atoms with E-state index < -0.39 is 5.97 Å². The molecule has 0 atom stereocenters. The fourth-order valence-corrected chi connectivity index (χ4v) is 2.48. The van der Waals surface area contributed by atoms with Crippen LogP contribution in [0.25, 0.3) is 11.3 Å². The van der Waals surface area contributed by atoms with Gasteiger partial charge in [0.2, 0.25) is 5.76 Å². The summed E-state index contributed by atoms with van der Waals surface area (Å²) in [5, 5.41) is 12.8. The Hall–Kier alpha value is -2.30. The zero-order valence-corrected chi connectivity index (χ0v) is 12.8. The molecule has 1 aliphatic rings. The Morgan fingerprint density at radius 3 is 2.64 bits per heavy atom. The van der Waals surface area contributed by atoms with Gasteiger partial charge in [0.05, 0.1) is 6.61 Å². The summed E-state index contributed by atoms with van der Waals surface area (Å²) in [7, 11) is 0. The molecule has 1 N–H and O–H groups in total. The van der Waals surface area contributed by atoms with Crippen LogP contribution >= 0.6 is 0 Å². The average molecular weight is 301 g/mol. The number of aromatic nitrogens is 1. The van der Waals surface area contributed by atoms with E-state index in [-0.39, 0.29) is 5.76 Å².